The summed E-state index contributed by atoms with van der Waals surface area (Å²) in [5.74, 6) is 0.280. The third-order valence-electron chi connectivity index (χ3n) is 1.75. The molecule has 64 valence electrons. The summed E-state index contributed by atoms with van der Waals surface area (Å²) in [5, 5.41) is 0. The highest BCUT2D eigenvalue weighted by Crippen LogP contribution is 2.08. The molecule has 0 aromatic carbocycles. The summed E-state index contributed by atoms with van der Waals surface area (Å²) in [6.45, 7) is 2.36. The van der Waals surface area contributed by atoms with Crippen LogP contribution in [0.2, 0.25) is 0 Å². The van der Waals surface area contributed by atoms with Gasteiger partial charge in [-0.15, -0.1) is 0 Å². The molecule has 4 heteroatoms. The molecule has 0 bridgehead atoms. The van der Waals surface area contributed by atoms with Crippen molar-refractivity contribution in [2.24, 2.45) is 0 Å². The van der Waals surface area contributed by atoms with Gasteiger partial charge in [-0.2, -0.15) is 0 Å². The normalized spacial score (nSPS) is 17.9. The number of hydrogen-bond acceptors (Lipinski definition) is 2. The summed E-state index contributed by atoms with van der Waals surface area (Å²) < 4.78 is 5.84. The standard InChI is InChI=1S/C7H12INO2/c8-6-11-5-4-9-3-1-2-7(9)10/h1-6H2. The van der Waals surface area contributed by atoms with Crippen molar-refractivity contribution < 1.29 is 9.53 Å². The van der Waals surface area contributed by atoms with Crippen molar-refractivity contribution in [2.75, 3.05) is 24.3 Å². The van der Waals surface area contributed by atoms with Gasteiger partial charge in [-0.25, -0.2) is 0 Å². The topological polar surface area (TPSA) is 29.5 Å². The summed E-state index contributed by atoms with van der Waals surface area (Å²) in [4.78, 5) is 12.9. The van der Waals surface area contributed by atoms with E-state index in [-0.39, 0.29) is 5.91 Å². The second-order valence-electron chi connectivity index (χ2n) is 2.50. The van der Waals surface area contributed by atoms with Crippen LogP contribution in [0.5, 0.6) is 0 Å². The molecule has 1 heterocycles. The van der Waals surface area contributed by atoms with Crippen LogP contribution in [-0.2, 0) is 9.53 Å². The molecule has 0 aromatic heterocycles. The lowest BCUT2D eigenvalue weighted by molar-refractivity contribution is -0.128. The average Bonchev–Trinajstić information content (AvgIpc) is 2.37. The van der Waals surface area contributed by atoms with Gasteiger partial charge in [0, 0.05) is 19.5 Å². The van der Waals surface area contributed by atoms with Gasteiger partial charge in [0.05, 0.1) is 11.2 Å². The maximum absolute atomic E-state index is 11.0. The third-order valence-corrected chi connectivity index (χ3v) is 2.19. The lowest BCUT2D eigenvalue weighted by atomic mass is 10.4. The average molecular weight is 269 g/mol. The molecule has 1 fully saturated rings. The largest absolute Gasteiger partial charge is 0.369 e. The number of ether oxygens (including phenoxy) is 1. The molecule has 1 saturated heterocycles. The van der Waals surface area contributed by atoms with Crippen LogP contribution >= 0.6 is 22.6 Å². The van der Waals surface area contributed by atoms with Gasteiger partial charge >= 0.3 is 0 Å². The number of carbonyl (C=O) groups excluding carboxylic acids is 1. The van der Waals surface area contributed by atoms with E-state index in [9.17, 15) is 4.79 Å². The molecule has 0 aromatic rings. The minimum atomic E-state index is 0.280. The second-order valence-corrected chi connectivity index (χ2v) is 3.12. The first-order valence-corrected chi connectivity index (χ1v) is 5.28. The Morgan fingerprint density at radius 2 is 2.45 bits per heavy atom. The number of alkyl halides is 1. The molecule has 3 nitrogen and oxygen atoms in total. The van der Waals surface area contributed by atoms with Gasteiger partial charge in [-0.1, -0.05) is 22.6 Å². The Hall–Kier alpha value is 0.160. The third kappa shape index (κ3) is 2.94. The van der Waals surface area contributed by atoms with Gasteiger partial charge in [0.25, 0.3) is 0 Å². The van der Waals surface area contributed by atoms with Gasteiger partial charge in [0.2, 0.25) is 5.91 Å². The number of hydrogen-bond donors (Lipinski definition) is 0. The fourth-order valence-corrected chi connectivity index (χ4v) is 1.48. The van der Waals surface area contributed by atoms with Gasteiger partial charge < -0.3 is 9.64 Å². The second kappa shape index (κ2) is 4.92. The Morgan fingerprint density at radius 1 is 1.64 bits per heavy atom. The van der Waals surface area contributed by atoms with Crippen molar-refractivity contribution in [2.45, 2.75) is 12.8 Å². The van der Waals surface area contributed by atoms with Crippen molar-refractivity contribution in [3.63, 3.8) is 0 Å². The van der Waals surface area contributed by atoms with E-state index in [4.69, 9.17) is 4.74 Å². The smallest absolute Gasteiger partial charge is 0.222 e. The van der Waals surface area contributed by atoms with E-state index < -0.39 is 0 Å². The summed E-state index contributed by atoms with van der Waals surface area (Å²) in [6, 6.07) is 0. The van der Waals surface area contributed by atoms with Crippen LogP contribution in [-0.4, -0.2) is 35.1 Å². The van der Waals surface area contributed by atoms with Gasteiger partial charge in [-0.05, 0) is 6.42 Å². The number of halogens is 1. The van der Waals surface area contributed by atoms with E-state index in [0.29, 0.717) is 11.2 Å². The maximum atomic E-state index is 11.0. The summed E-state index contributed by atoms with van der Waals surface area (Å²) in [7, 11) is 0. The quantitative estimate of drug-likeness (QED) is 0.433. The highest BCUT2D eigenvalue weighted by molar-refractivity contribution is 14.1. The van der Waals surface area contributed by atoms with Crippen molar-refractivity contribution in [3.8, 4) is 0 Å². The van der Waals surface area contributed by atoms with E-state index in [2.05, 4.69) is 22.6 Å². The molecule has 0 aliphatic carbocycles. The number of nitrogens with zero attached hydrogens (tertiary/aromatic N) is 1. The van der Waals surface area contributed by atoms with Crippen LogP contribution in [0, 0.1) is 0 Å². The van der Waals surface area contributed by atoms with Crippen LogP contribution in [0.3, 0.4) is 0 Å². The molecule has 1 rings (SSSR count). The van der Waals surface area contributed by atoms with E-state index in [1.165, 1.54) is 0 Å². The summed E-state index contributed by atoms with van der Waals surface area (Å²) >= 11 is 2.15. The zero-order chi connectivity index (χ0) is 8.10. The molecule has 11 heavy (non-hydrogen) atoms. The minimum Gasteiger partial charge on any atom is -0.369 e. The Bertz CT molecular complexity index is 140. The predicted octanol–water partition coefficient (Wildman–Crippen LogP) is 1.02. The lowest BCUT2D eigenvalue weighted by Gasteiger charge is -2.14. The van der Waals surface area contributed by atoms with Crippen LogP contribution in [0.4, 0.5) is 0 Å². The van der Waals surface area contributed by atoms with Gasteiger partial charge in [0.1, 0.15) is 0 Å². The van der Waals surface area contributed by atoms with Crippen molar-refractivity contribution in [1.82, 2.24) is 4.90 Å². The Morgan fingerprint density at radius 3 is 3.00 bits per heavy atom. The molecule has 0 radical (unpaired) electrons. The van der Waals surface area contributed by atoms with E-state index >= 15 is 0 Å². The fourth-order valence-electron chi connectivity index (χ4n) is 1.17. The molecule has 0 saturated carbocycles. The van der Waals surface area contributed by atoms with E-state index in [1.54, 1.807) is 0 Å². The lowest BCUT2D eigenvalue weighted by Crippen LogP contribution is -2.28. The molecule has 1 aliphatic rings. The molecule has 1 amide bonds. The highest BCUT2D eigenvalue weighted by atomic mass is 127. The zero-order valence-electron chi connectivity index (χ0n) is 6.38. The molecule has 0 unspecified atom stereocenters. The van der Waals surface area contributed by atoms with Crippen molar-refractivity contribution in [1.29, 1.82) is 0 Å². The predicted molar refractivity (Wildman–Crippen MR) is 50.7 cm³/mol. The van der Waals surface area contributed by atoms with Gasteiger partial charge in [0.15, 0.2) is 0 Å². The number of carbonyl (C=O) groups is 1. The summed E-state index contributed by atoms with van der Waals surface area (Å²) in [5.41, 5.74) is 0. The van der Waals surface area contributed by atoms with Crippen LogP contribution in [0.1, 0.15) is 12.8 Å². The van der Waals surface area contributed by atoms with E-state index in [1.807, 2.05) is 4.90 Å². The molecule has 0 N–H and O–H groups in total. The minimum absolute atomic E-state index is 0.280. The van der Waals surface area contributed by atoms with Gasteiger partial charge in [-0.3, -0.25) is 4.79 Å². The van der Waals surface area contributed by atoms with Crippen molar-refractivity contribution >= 4 is 28.5 Å². The van der Waals surface area contributed by atoms with Crippen LogP contribution in [0.15, 0.2) is 0 Å². The van der Waals surface area contributed by atoms with Crippen LogP contribution in [0.25, 0.3) is 0 Å². The number of rotatable bonds is 4. The first-order valence-electron chi connectivity index (χ1n) is 3.76. The molecular weight excluding hydrogens is 257 g/mol. The fraction of sp³-hybridized carbons (Fsp3) is 0.857. The first kappa shape index (κ1) is 9.25. The highest BCUT2D eigenvalue weighted by Gasteiger charge is 2.18. The molecule has 0 atom stereocenters. The molecular formula is C7H12INO2. The maximum Gasteiger partial charge on any atom is 0.222 e. The Kier molecular flexibility index (Phi) is 4.14. The molecule has 1 aliphatic heterocycles. The molecule has 0 spiro atoms. The zero-order valence-corrected chi connectivity index (χ0v) is 8.54. The number of amides is 1. The Labute approximate surface area is 80.2 Å². The SMILES string of the molecule is O=C1CCCN1CCOCI. The number of likely N-dealkylation sites (tertiary alicyclic amines) is 1. The van der Waals surface area contributed by atoms with Crippen LogP contribution < -0.4 is 0 Å². The Balaban J connectivity index is 2.10. The monoisotopic (exact) mass is 269 g/mol. The van der Waals surface area contributed by atoms with E-state index in [0.717, 1.165) is 25.9 Å². The first-order chi connectivity index (χ1) is 5.34. The van der Waals surface area contributed by atoms with Crippen molar-refractivity contribution in [3.05, 3.63) is 0 Å². The summed E-state index contributed by atoms with van der Waals surface area (Å²) in [6.07, 6.45) is 1.74.